The van der Waals surface area contributed by atoms with Gasteiger partial charge in [-0.2, -0.15) is 10.1 Å². The van der Waals surface area contributed by atoms with Gasteiger partial charge in [-0.1, -0.05) is 42.6 Å². The van der Waals surface area contributed by atoms with Gasteiger partial charge in [0.2, 0.25) is 0 Å². The highest BCUT2D eigenvalue weighted by molar-refractivity contribution is 6.31. The summed E-state index contributed by atoms with van der Waals surface area (Å²) in [7, 11) is 0. The minimum absolute atomic E-state index is 0.0631. The Bertz CT molecular complexity index is 892. The maximum absolute atomic E-state index is 14.2. The number of nitrogens with zero attached hydrogens (tertiary/aromatic N) is 2. The largest absolute Gasteiger partial charge is 0.281 e. The first kappa shape index (κ1) is 19.5. The molecule has 7 heteroatoms. The van der Waals surface area contributed by atoms with Gasteiger partial charge in [-0.15, -0.1) is 0 Å². The van der Waals surface area contributed by atoms with E-state index in [-0.39, 0.29) is 17.0 Å². The van der Waals surface area contributed by atoms with Crippen molar-refractivity contribution in [3.8, 4) is 0 Å². The van der Waals surface area contributed by atoms with Crippen molar-refractivity contribution in [1.29, 1.82) is 0 Å². The Morgan fingerprint density at radius 1 is 1.19 bits per heavy atom. The Morgan fingerprint density at radius 3 is 2.52 bits per heavy atom. The number of hydrogen-bond donors (Lipinski definition) is 0. The molecule has 2 aromatic rings. The van der Waals surface area contributed by atoms with E-state index in [2.05, 4.69) is 5.10 Å². The highest BCUT2D eigenvalue weighted by Gasteiger charge is 2.39. The molecule has 1 atom stereocenters. The predicted molar refractivity (Wildman–Crippen MR) is 104 cm³/mol. The Hall–Kier alpha value is -2.24. The molecule has 0 radical (unpaired) electrons. The van der Waals surface area contributed by atoms with Crippen LogP contribution in [0, 0.1) is 11.7 Å². The molecule has 140 valence electrons. The summed E-state index contributed by atoms with van der Waals surface area (Å²) in [4.78, 5) is 25.6. The smallest absolute Gasteiger partial charge is 0.272 e. The fraction of sp³-hybridized carbons (Fsp3) is 0.250. The fourth-order valence-corrected chi connectivity index (χ4v) is 3.38. The third-order valence-electron chi connectivity index (χ3n) is 4.40. The van der Waals surface area contributed by atoms with Crippen LogP contribution in [-0.4, -0.2) is 22.5 Å². The molecule has 0 spiro atoms. The second kappa shape index (κ2) is 8.19. The van der Waals surface area contributed by atoms with Crippen LogP contribution < -0.4 is 0 Å². The number of benzene rings is 2. The molecular formula is C20H17Cl2FN2O2. The third kappa shape index (κ3) is 4.04. The summed E-state index contributed by atoms with van der Waals surface area (Å²) in [6, 6.07) is 10.6. The number of amides is 2. The van der Waals surface area contributed by atoms with Gasteiger partial charge >= 0.3 is 0 Å². The van der Waals surface area contributed by atoms with Crippen LogP contribution in [-0.2, 0) is 11.2 Å². The lowest BCUT2D eigenvalue weighted by molar-refractivity contribution is -0.129. The van der Waals surface area contributed by atoms with Gasteiger partial charge in [0, 0.05) is 21.2 Å². The number of carbonyl (C=O) groups excluding carboxylic acids is 2. The van der Waals surface area contributed by atoms with Crippen molar-refractivity contribution in [2.75, 3.05) is 0 Å². The van der Waals surface area contributed by atoms with Gasteiger partial charge in [-0.3, -0.25) is 9.59 Å². The first-order valence-corrected chi connectivity index (χ1v) is 9.32. The van der Waals surface area contributed by atoms with Gasteiger partial charge in [-0.25, -0.2) is 4.39 Å². The van der Waals surface area contributed by atoms with E-state index >= 15 is 0 Å². The lowest BCUT2D eigenvalue weighted by atomic mass is 9.92. The van der Waals surface area contributed by atoms with E-state index in [0.717, 1.165) is 11.4 Å². The van der Waals surface area contributed by atoms with E-state index in [9.17, 15) is 14.0 Å². The standard InChI is InChI=1S/C20H17Cl2FN2O2/c1-2-4-18-15(11-14-16(22)5-3-6-17(14)23)20(27)25(24-18)19(26)12-7-9-13(21)10-8-12/h3,5-10,15H,2,4,11H2,1H3. The molecule has 1 aliphatic heterocycles. The molecule has 1 heterocycles. The first-order chi connectivity index (χ1) is 12.9. The van der Waals surface area contributed by atoms with Gasteiger partial charge in [0.25, 0.3) is 11.8 Å². The van der Waals surface area contributed by atoms with Crippen LogP contribution in [0.1, 0.15) is 35.7 Å². The summed E-state index contributed by atoms with van der Waals surface area (Å²) in [5, 5.41) is 5.85. The van der Waals surface area contributed by atoms with Crippen molar-refractivity contribution < 1.29 is 14.0 Å². The zero-order valence-corrected chi connectivity index (χ0v) is 16.1. The van der Waals surface area contributed by atoms with E-state index in [1.54, 1.807) is 18.2 Å². The average molecular weight is 407 g/mol. The maximum Gasteiger partial charge on any atom is 0.281 e. The summed E-state index contributed by atoms with van der Waals surface area (Å²) in [5.41, 5.74) is 1.11. The van der Waals surface area contributed by atoms with Crippen molar-refractivity contribution in [3.63, 3.8) is 0 Å². The topological polar surface area (TPSA) is 49.7 Å². The molecule has 3 rings (SSSR count). The van der Waals surface area contributed by atoms with E-state index in [1.807, 2.05) is 6.92 Å². The summed E-state index contributed by atoms with van der Waals surface area (Å²) in [6.07, 6.45) is 1.34. The van der Waals surface area contributed by atoms with Gasteiger partial charge in [0.15, 0.2) is 0 Å². The Kier molecular flexibility index (Phi) is 5.92. The summed E-state index contributed by atoms with van der Waals surface area (Å²) < 4.78 is 14.2. The molecule has 1 aliphatic rings. The van der Waals surface area contributed by atoms with Gasteiger partial charge in [-0.05, 0) is 49.2 Å². The highest BCUT2D eigenvalue weighted by Crippen LogP contribution is 2.29. The van der Waals surface area contributed by atoms with Gasteiger partial charge < -0.3 is 0 Å². The van der Waals surface area contributed by atoms with Crippen LogP contribution in [0.5, 0.6) is 0 Å². The molecule has 0 saturated carbocycles. The molecule has 1 unspecified atom stereocenters. The van der Waals surface area contributed by atoms with Crippen LogP contribution in [0.3, 0.4) is 0 Å². The maximum atomic E-state index is 14.2. The number of carbonyl (C=O) groups is 2. The van der Waals surface area contributed by atoms with Gasteiger partial charge in [0.05, 0.1) is 11.6 Å². The summed E-state index contributed by atoms with van der Waals surface area (Å²) >= 11 is 12.0. The second-order valence-electron chi connectivity index (χ2n) is 6.26. The third-order valence-corrected chi connectivity index (χ3v) is 5.00. The lowest BCUT2D eigenvalue weighted by Crippen LogP contribution is -2.33. The van der Waals surface area contributed by atoms with Crippen LogP contribution >= 0.6 is 23.2 Å². The molecule has 4 nitrogen and oxygen atoms in total. The Labute approximate surface area is 166 Å². The minimum Gasteiger partial charge on any atom is -0.272 e. The van der Waals surface area contributed by atoms with Crippen molar-refractivity contribution in [3.05, 3.63) is 69.5 Å². The Balaban J connectivity index is 1.90. The SMILES string of the molecule is CCCC1=NN(C(=O)c2ccc(Cl)cc2)C(=O)C1Cc1c(F)cccc1Cl. The number of rotatable bonds is 5. The number of hydrogen-bond acceptors (Lipinski definition) is 3. The molecule has 27 heavy (non-hydrogen) atoms. The number of imide groups is 1. The average Bonchev–Trinajstić information content (AvgIpc) is 2.94. The monoisotopic (exact) mass is 406 g/mol. The van der Waals surface area contributed by atoms with E-state index in [0.29, 0.717) is 22.7 Å². The molecule has 0 aromatic heterocycles. The molecular weight excluding hydrogens is 390 g/mol. The quantitative estimate of drug-likeness (QED) is 0.646. The molecule has 0 fully saturated rings. The Morgan fingerprint density at radius 2 is 1.89 bits per heavy atom. The van der Waals surface area contributed by atoms with Crippen LogP contribution in [0.4, 0.5) is 4.39 Å². The van der Waals surface area contributed by atoms with Crippen LogP contribution in [0.2, 0.25) is 10.0 Å². The lowest BCUT2D eigenvalue weighted by Gasteiger charge is -2.14. The summed E-state index contributed by atoms with van der Waals surface area (Å²) in [5.74, 6) is -2.20. The molecule has 0 aliphatic carbocycles. The van der Waals surface area contributed by atoms with Crippen molar-refractivity contribution in [2.24, 2.45) is 11.0 Å². The molecule has 2 aromatic carbocycles. The van der Waals surface area contributed by atoms with E-state index in [4.69, 9.17) is 23.2 Å². The highest BCUT2D eigenvalue weighted by atomic mass is 35.5. The first-order valence-electron chi connectivity index (χ1n) is 8.56. The fourth-order valence-electron chi connectivity index (χ4n) is 3.01. The molecule has 2 amide bonds. The number of halogens is 3. The molecule has 0 saturated heterocycles. The summed E-state index contributed by atoms with van der Waals surface area (Å²) in [6.45, 7) is 1.95. The normalized spacial score (nSPS) is 16.6. The zero-order valence-electron chi connectivity index (χ0n) is 14.6. The minimum atomic E-state index is -0.712. The molecule has 0 N–H and O–H groups in total. The predicted octanol–water partition coefficient (Wildman–Crippen LogP) is 5.13. The second-order valence-corrected chi connectivity index (χ2v) is 7.10. The molecule has 0 bridgehead atoms. The van der Waals surface area contributed by atoms with Crippen molar-refractivity contribution >= 4 is 40.7 Å². The van der Waals surface area contributed by atoms with E-state index < -0.39 is 23.5 Å². The number of hydrazone groups is 1. The van der Waals surface area contributed by atoms with Crippen molar-refractivity contribution in [1.82, 2.24) is 5.01 Å². The van der Waals surface area contributed by atoms with Crippen molar-refractivity contribution in [2.45, 2.75) is 26.2 Å². The van der Waals surface area contributed by atoms with E-state index in [1.165, 1.54) is 24.3 Å². The van der Waals surface area contributed by atoms with Crippen LogP contribution in [0.15, 0.2) is 47.6 Å². The van der Waals surface area contributed by atoms with Gasteiger partial charge in [0.1, 0.15) is 5.82 Å². The zero-order chi connectivity index (χ0) is 19.6. The van der Waals surface area contributed by atoms with Crippen LogP contribution in [0.25, 0.3) is 0 Å².